The Hall–Kier alpha value is -3.22. The predicted molar refractivity (Wildman–Crippen MR) is 111 cm³/mol. The third kappa shape index (κ3) is 3.99. The maximum Gasteiger partial charge on any atom is 0.322 e. The second kappa shape index (κ2) is 8.03. The van der Waals surface area contributed by atoms with Gasteiger partial charge in [0, 0.05) is 24.2 Å². The lowest BCUT2D eigenvalue weighted by atomic mass is 10.2. The molecule has 7 heteroatoms. The van der Waals surface area contributed by atoms with Gasteiger partial charge in [0.1, 0.15) is 17.6 Å². The molecule has 0 spiro atoms. The van der Waals surface area contributed by atoms with Crippen LogP contribution in [0.2, 0.25) is 0 Å². The molecule has 0 radical (unpaired) electrons. The highest BCUT2D eigenvalue weighted by Crippen LogP contribution is 2.34. The van der Waals surface area contributed by atoms with Gasteiger partial charge in [-0.1, -0.05) is 18.2 Å². The quantitative estimate of drug-likeness (QED) is 0.861. The minimum atomic E-state index is -0.207. The van der Waals surface area contributed by atoms with Crippen molar-refractivity contribution in [2.24, 2.45) is 0 Å². The molecule has 1 atom stereocenters. The van der Waals surface area contributed by atoms with Crippen LogP contribution < -0.4 is 19.7 Å². The van der Waals surface area contributed by atoms with Gasteiger partial charge in [0.05, 0.1) is 25.9 Å². The highest BCUT2D eigenvalue weighted by Gasteiger charge is 2.26. The van der Waals surface area contributed by atoms with E-state index in [2.05, 4.69) is 5.32 Å². The summed E-state index contributed by atoms with van der Waals surface area (Å²) >= 11 is 0. The minimum absolute atomic E-state index is 0.0712. The summed E-state index contributed by atoms with van der Waals surface area (Å²) in [6.45, 7) is 3.56. The number of fused-ring (bicyclic) bond motifs is 1. The highest BCUT2D eigenvalue weighted by atomic mass is 16.5. The van der Waals surface area contributed by atoms with Crippen LogP contribution in [0.5, 0.6) is 11.5 Å². The maximum absolute atomic E-state index is 13.0. The zero-order chi connectivity index (χ0) is 20.4. The minimum Gasteiger partial charge on any atom is -0.495 e. The molecule has 1 N–H and O–H groups in total. The molecule has 1 saturated heterocycles. The average Bonchev–Trinajstić information content (AvgIpc) is 3.05. The number of benzene rings is 2. The van der Waals surface area contributed by atoms with Gasteiger partial charge in [-0.05, 0) is 37.6 Å². The van der Waals surface area contributed by atoms with Crippen LogP contribution in [0.15, 0.2) is 42.5 Å². The second-order valence-electron chi connectivity index (χ2n) is 7.38. The molecule has 2 aliphatic heterocycles. The largest absolute Gasteiger partial charge is 0.495 e. The molecule has 2 heterocycles. The molecular formula is C22H25N3O4. The molecule has 0 aliphatic carbocycles. The lowest BCUT2D eigenvalue weighted by Crippen LogP contribution is -2.38. The Morgan fingerprint density at radius 1 is 1.24 bits per heavy atom. The molecule has 2 aromatic carbocycles. The second-order valence-corrected chi connectivity index (χ2v) is 7.38. The van der Waals surface area contributed by atoms with Gasteiger partial charge in [-0.3, -0.25) is 4.79 Å². The van der Waals surface area contributed by atoms with E-state index in [4.69, 9.17) is 9.47 Å². The molecule has 2 aliphatic rings. The Labute approximate surface area is 170 Å². The number of urea groups is 1. The van der Waals surface area contributed by atoms with Crippen LogP contribution in [-0.2, 0) is 11.3 Å². The van der Waals surface area contributed by atoms with Crippen LogP contribution in [-0.4, -0.2) is 43.1 Å². The van der Waals surface area contributed by atoms with E-state index in [-0.39, 0.29) is 18.0 Å². The number of hydrogen-bond donors (Lipinski definition) is 1. The van der Waals surface area contributed by atoms with E-state index in [1.807, 2.05) is 31.2 Å². The molecule has 1 fully saturated rings. The van der Waals surface area contributed by atoms with E-state index in [9.17, 15) is 9.59 Å². The molecule has 7 nitrogen and oxygen atoms in total. The number of ether oxygens (including phenoxy) is 2. The van der Waals surface area contributed by atoms with Crippen LogP contribution in [0.25, 0.3) is 0 Å². The van der Waals surface area contributed by atoms with Crippen LogP contribution in [0.3, 0.4) is 0 Å². The number of amides is 3. The number of carbonyl (C=O) groups excluding carboxylic acids is 2. The Balaban J connectivity index is 1.54. The Morgan fingerprint density at radius 3 is 2.83 bits per heavy atom. The first-order valence-electron chi connectivity index (χ1n) is 9.84. The number of methoxy groups -OCH3 is 1. The summed E-state index contributed by atoms with van der Waals surface area (Å²) in [5.74, 6) is 1.50. The molecule has 152 valence electrons. The fourth-order valence-electron chi connectivity index (χ4n) is 3.82. The first-order chi connectivity index (χ1) is 14.0. The number of carbonyl (C=O) groups is 2. The zero-order valence-corrected chi connectivity index (χ0v) is 16.7. The SMILES string of the molecule is COc1ccc(NC(=O)N2Cc3ccccc3O[C@@H](C)C2)cc1N1CCCC1=O. The summed E-state index contributed by atoms with van der Waals surface area (Å²) < 4.78 is 11.4. The number of rotatable bonds is 3. The highest BCUT2D eigenvalue weighted by molar-refractivity contribution is 5.98. The van der Waals surface area contributed by atoms with Gasteiger partial charge in [0.2, 0.25) is 5.91 Å². The number of hydrogen-bond acceptors (Lipinski definition) is 4. The summed E-state index contributed by atoms with van der Waals surface area (Å²) in [6, 6.07) is 12.9. The molecule has 4 rings (SSSR count). The lowest BCUT2D eigenvalue weighted by molar-refractivity contribution is -0.117. The zero-order valence-electron chi connectivity index (χ0n) is 16.7. The summed E-state index contributed by atoms with van der Waals surface area (Å²) in [4.78, 5) is 28.6. The summed E-state index contributed by atoms with van der Waals surface area (Å²) in [5, 5.41) is 2.96. The fourth-order valence-corrected chi connectivity index (χ4v) is 3.82. The van der Waals surface area contributed by atoms with E-state index in [0.29, 0.717) is 43.2 Å². The van der Waals surface area contributed by atoms with Crippen molar-refractivity contribution in [1.82, 2.24) is 4.90 Å². The molecule has 0 aromatic heterocycles. The summed E-state index contributed by atoms with van der Waals surface area (Å²) in [7, 11) is 1.58. The molecule has 0 bridgehead atoms. The topological polar surface area (TPSA) is 71.1 Å². The molecule has 29 heavy (non-hydrogen) atoms. The van der Waals surface area contributed by atoms with E-state index in [0.717, 1.165) is 17.7 Å². The third-order valence-corrected chi connectivity index (χ3v) is 5.22. The molecule has 0 unspecified atom stereocenters. The van der Waals surface area contributed by atoms with Crippen LogP contribution in [0, 0.1) is 0 Å². The van der Waals surface area contributed by atoms with Crippen LogP contribution >= 0.6 is 0 Å². The number of nitrogens with one attached hydrogen (secondary N) is 1. The van der Waals surface area contributed by atoms with Crippen LogP contribution in [0.1, 0.15) is 25.3 Å². The van der Waals surface area contributed by atoms with E-state index in [1.54, 1.807) is 35.1 Å². The maximum atomic E-state index is 13.0. The number of anilines is 2. The molecule has 3 amide bonds. The van der Waals surface area contributed by atoms with Crippen molar-refractivity contribution in [2.75, 3.05) is 30.4 Å². The van der Waals surface area contributed by atoms with Crippen molar-refractivity contribution < 1.29 is 19.1 Å². The van der Waals surface area contributed by atoms with E-state index >= 15 is 0 Å². The Kier molecular flexibility index (Phi) is 5.29. The van der Waals surface area contributed by atoms with Crippen molar-refractivity contribution in [2.45, 2.75) is 32.4 Å². The number of nitrogens with zero attached hydrogens (tertiary/aromatic N) is 2. The van der Waals surface area contributed by atoms with Gasteiger partial charge >= 0.3 is 6.03 Å². The van der Waals surface area contributed by atoms with Gasteiger partial charge in [-0.25, -0.2) is 4.79 Å². The molecule has 0 saturated carbocycles. The predicted octanol–water partition coefficient (Wildman–Crippen LogP) is 3.64. The van der Waals surface area contributed by atoms with E-state index in [1.165, 1.54) is 0 Å². The van der Waals surface area contributed by atoms with Gasteiger partial charge in [0.25, 0.3) is 0 Å². The van der Waals surface area contributed by atoms with E-state index < -0.39 is 0 Å². The number of para-hydroxylation sites is 1. The monoisotopic (exact) mass is 395 g/mol. The van der Waals surface area contributed by atoms with Crippen LogP contribution in [0.4, 0.5) is 16.2 Å². The normalized spacial score (nSPS) is 18.7. The Morgan fingerprint density at radius 2 is 2.07 bits per heavy atom. The van der Waals surface area contributed by atoms with Gasteiger partial charge in [-0.2, -0.15) is 0 Å². The lowest BCUT2D eigenvalue weighted by Gasteiger charge is -2.24. The van der Waals surface area contributed by atoms with Crippen molar-refractivity contribution in [3.63, 3.8) is 0 Å². The van der Waals surface area contributed by atoms with Crippen molar-refractivity contribution in [1.29, 1.82) is 0 Å². The smallest absolute Gasteiger partial charge is 0.322 e. The Bertz CT molecular complexity index is 930. The standard InChI is InChI=1S/C22H25N3O4/c1-15-13-24(14-16-6-3-4-7-19(16)29-15)22(27)23-17-9-10-20(28-2)18(12-17)25-11-5-8-21(25)26/h3-4,6-7,9-10,12,15H,5,8,11,13-14H2,1-2H3,(H,23,27)/t15-/m0/s1. The van der Waals surface area contributed by atoms with Crippen molar-refractivity contribution in [3.8, 4) is 11.5 Å². The summed E-state index contributed by atoms with van der Waals surface area (Å²) in [6.07, 6.45) is 1.24. The van der Waals surface area contributed by atoms with Crippen molar-refractivity contribution >= 4 is 23.3 Å². The van der Waals surface area contributed by atoms with Gasteiger partial charge < -0.3 is 24.6 Å². The first-order valence-corrected chi connectivity index (χ1v) is 9.84. The fraction of sp³-hybridized carbons (Fsp3) is 0.364. The third-order valence-electron chi connectivity index (χ3n) is 5.22. The molecular weight excluding hydrogens is 370 g/mol. The van der Waals surface area contributed by atoms with Gasteiger partial charge in [-0.15, -0.1) is 0 Å². The van der Waals surface area contributed by atoms with Gasteiger partial charge in [0.15, 0.2) is 0 Å². The average molecular weight is 395 g/mol. The first kappa shape index (κ1) is 19.1. The summed E-state index contributed by atoms with van der Waals surface area (Å²) in [5.41, 5.74) is 2.28. The molecule has 2 aromatic rings. The van der Waals surface area contributed by atoms with Crippen molar-refractivity contribution in [3.05, 3.63) is 48.0 Å².